The van der Waals surface area contributed by atoms with Gasteiger partial charge in [-0.3, -0.25) is 4.79 Å². The van der Waals surface area contributed by atoms with Gasteiger partial charge in [0.2, 0.25) is 5.91 Å². The Morgan fingerprint density at radius 3 is 2.43 bits per heavy atom. The number of anilines is 1. The fourth-order valence-electron chi connectivity index (χ4n) is 2.79. The van der Waals surface area contributed by atoms with Crippen molar-refractivity contribution in [3.05, 3.63) is 29.8 Å². The van der Waals surface area contributed by atoms with Crippen LogP contribution in [0.3, 0.4) is 0 Å². The van der Waals surface area contributed by atoms with Crippen LogP contribution in [0.15, 0.2) is 24.3 Å². The number of nitrogens with two attached hydrogens (primary N) is 1. The summed E-state index contributed by atoms with van der Waals surface area (Å²) in [6, 6.07) is 8.60. The van der Waals surface area contributed by atoms with E-state index in [1.807, 2.05) is 14.0 Å². The molecule has 1 unspecified atom stereocenters. The van der Waals surface area contributed by atoms with Crippen molar-refractivity contribution in [1.29, 1.82) is 0 Å². The van der Waals surface area contributed by atoms with Gasteiger partial charge in [0.05, 0.1) is 0 Å². The van der Waals surface area contributed by atoms with Crippen LogP contribution in [0, 0.1) is 5.92 Å². The van der Waals surface area contributed by atoms with Gasteiger partial charge in [0.1, 0.15) is 0 Å². The third-order valence-electron chi connectivity index (χ3n) is 4.23. The molecule has 0 saturated carbocycles. The lowest BCUT2D eigenvalue weighted by molar-refractivity contribution is -0.133. The van der Waals surface area contributed by atoms with Crippen molar-refractivity contribution in [2.75, 3.05) is 31.6 Å². The normalized spacial score (nSPS) is 16.6. The molecule has 1 atom stereocenters. The van der Waals surface area contributed by atoms with Gasteiger partial charge < -0.3 is 15.5 Å². The van der Waals surface area contributed by atoms with Crippen molar-refractivity contribution < 1.29 is 4.79 Å². The quantitative estimate of drug-likeness (QED) is 0.904. The SMILES string of the molecule is CC(CN)C(=O)N(C)Cc1ccc(N2CCCCC2)cc1. The Bertz CT molecular complexity index is 452. The van der Waals surface area contributed by atoms with E-state index in [-0.39, 0.29) is 11.8 Å². The average molecular weight is 289 g/mol. The molecule has 116 valence electrons. The van der Waals surface area contributed by atoms with Gasteiger partial charge in [-0.15, -0.1) is 0 Å². The second-order valence-corrected chi connectivity index (χ2v) is 6.05. The molecule has 1 amide bonds. The zero-order valence-corrected chi connectivity index (χ0v) is 13.2. The minimum atomic E-state index is -0.109. The summed E-state index contributed by atoms with van der Waals surface area (Å²) >= 11 is 0. The van der Waals surface area contributed by atoms with Gasteiger partial charge in [0.25, 0.3) is 0 Å². The van der Waals surface area contributed by atoms with E-state index in [0.29, 0.717) is 13.1 Å². The Labute approximate surface area is 127 Å². The molecule has 1 heterocycles. The van der Waals surface area contributed by atoms with Crippen molar-refractivity contribution in [3.63, 3.8) is 0 Å². The molecule has 1 fully saturated rings. The molecule has 21 heavy (non-hydrogen) atoms. The molecule has 1 aliphatic rings. The van der Waals surface area contributed by atoms with Crippen molar-refractivity contribution >= 4 is 11.6 Å². The minimum absolute atomic E-state index is 0.109. The smallest absolute Gasteiger partial charge is 0.226 e. The minimum Gasteiger partial charge on any atom is -0.372 e. The van der Waals surface area contributed by atoms with Gasteiger partial charge in [-0.1, -0.05) is 19.1 Å². The van der Waals surface area contributed by atoms with Crippen LogP contribution < -0.4 is 10.6 Å². The molecule has 0 spiro atoms. The number of carbonyl (C=O) groups is 1. The lowest BCUT2D eigenvalue weighted by Gasteiger charge is -2.29. The van der Waals surface area contributed by atoms with Gasteiger partial charge in [0.15, 0.2) is 0 Å². The Morgan fingerprint density at radius 1 is 1.24 bits per heavy atom. The predicted octanol–water partition coefficient (Wildman–Crippen LogP) is 2.23. The van der Waals surface area contributed by atoms with Crippen molar-refractivity contribution in [1.82, 2.24) is 4.90 Å². The van der Waals surface area contributed by atoms with Gasteiger partial charge in [-0.05, 0) is 37.0 Å². The molecule has 4 heteroatoms. The van der Waals surface area contributed by atoms with Crippen molar-refractivity contribution in [3.8, 4) is 0 Å². The fourth-order valence-corrected chi connectivity index (χ4v) is 2.79. The molecular weight excluding hydrogens is 262 g/mol. The first-order valence-corrected chi connectivity index (χ1v) is 7.90. The van der Waals surface area contributed by atoms with Crippen LogP contribution in [-0.2, 0) is 11.3 Å². The van der Waals surface area contributed by atoms with E-state index in [9.17, 15) is 4.79 Å². The summed E-state index contributed by atoms with van der Waals surface area (Å²) in [6.45, 7) is 5.23. The zero-order valence-electron chi connectivity index (χ0n) is 13.2. The number of carbonyl (C=O) groups excluding carboxylic acids is 1. The van der Waals surface area contributed by atoms with Gasteiger partial charge in [-0.25, -0.2) is 0 Å². The topological polar surface area (TPSA) is 49.6 Å². The monoisotopic (exact) mass is 289 g/mol. The van der Waals surface area contributed by atoms with Crippen LogP contribution in [0.4, 0.5) is 5.69 Å². The first kappa shape index (κ1) is 15.8. The summed E-state index contributed by atoms with van der Waals surface area (Å²) in [4.78, 5) is 16.2. The van der Waals surface area contributed by atoms with Crippen LogP contribution in [0.5, 0.6) is 0 Å². The Kier molecular flexibility index (Phi) is 5.62. The van der Waals surface area contributed by atoms with E-state index in [2.05, 4.69) is 29.2 Å². The Hall–Kier alpha value is -1.55. The van der Waals surface area contributed by atoms with E-state index in [0.717, 1.165) is 18.7 Å². The second kappa shape index (κ2) is 7.46. The van der Waals surface area contributed by atoms with E-state index in [1.165, 1.54) is 24.9 Å². The highest BCUT2D eigenvalue weighted by atomic mass is 16.2. The summed E-state index contributed by atoms with van der Waals surface area (Å²) in [5, 5.41) is 0. The molecule has 0 aromatic heterocycles. The fraction of sp³-hybridized carbons (Fsp3) is 0.588. The molecule has 1 saturated heterocycles. The summed E-state index contributed by atoms with van der Waals surface area (Å²) < 4.78 is 0. The van der Waals surface area contributed by atoms with Gasteiger partial charge >= 0.3 is 0 Å². The highest BCUT2D eigenvalue weighted by Crippen LogP contribution is 2.20. The number of piperidine rings is 1. The largest absolute Gasteiger partial charge is 0.372 e. The average Bonchev–Trinajstić information content (AvgIpc) is 2.54. The molecule has 1 aromatic carbocycles. The van der Waals surface area contributed by atoms with Crippen molar-refractivity contribution in [2.45, 2.75) is 32.7 Å². The van der Waals surface area contributed by atoms with Crippen LogP contribution >= 0.6 is 0 Å². The van der Waals surface area contributed by atoms with Crippen LogP contribution in [0.2, 0.25) is 0 Å². The molecule has 0 radical (unpaired) electrons. The Morgan fingerprint density at radius 2 is 1.86 bits per heavy atom. The van der Waals surface area contributed by atoms with Gasteiger partial charge in [0, 0.05) is 44.8 Å². The molecule has 0 aliphatic carbocycles. The maximum Gasteiger partial charge on any atom is 0.226 e. The predicted molar refractivity (Wildman–Crippen MR) is 87.2 cm³/mol. The molecular formula is C17H27N3O. The van der Waals surface area contributed by atoms with Crippen molar-refractivity contribution in [2.24, 2.45) is 11.7 Å². The number of benzene rings is 1. The summed E-state index contributed by atoms with van der Waals surface area (Å²) in [5.74, 6) is 0.000213. The van der Waals surface area contributed by atoms with Crippen LogP contribution in [0.1, 0.15) is 31.7 Å². The summed E-state index contributed by atoms with van der Waals surface area (Å²) in [5.41, 5.74) is 8.01. The van der Waals surface area contributed by atoms with Gasteiger partial charge in [-0.2, -0.15) is 0 Å². The number of hydrogen-bond acceptors (Lipinski definition) is 3. The first-order valence-electron chi connectivity index (χ1n) is 7.90. The van der Waals surface area contributed by atoms with E-state index >= 15 is 0 Å². The van der Waals surface area contributed by atoms with E-state index in [4.69, 9.17) is 5.73 Å². The third-order valence-corrected chi connectivity index (χ3v) is 4.23. The maximum atomic E-state index is 12.0. The summed E-state index contributed by atoms with van der Waals surface area (Å²) in [7, 11) is 1.84. The standard InChI is InChI=1S/C17H27N3O/c1-14(12-18)17(21)19(2)13-15-6-8-16(9-7-15)20-10-4-3-5-11-20/h6-9,14H,3-5,10-13,18H2,1-2H3. The molecule has 2 rings (SSSR count). The lowest BCUT2D eigenvalue weighted by atomic mass is 10.1. The first-order chi connectivity index (χ1) is 10.1. The molecule has 1 aromatic rings. The second-order valence-electron chi connectivity index (χ2n) is 6.05. The lowest BCUT2D eigenvalue weighted by Crippen LogP contribution is -2.34. The zero-order chi connectivity index (χ0) is 15.2. The number of nitrogens with zero attached hydrogens (tertiary/aromatic N) is 2. The number of rotatable bonds is 5. The molecule has 1 aliphatic heterocycles. The highest BCUT2D eigenvalue weighted by molar-refractivity contribution is 5.78. The van der Waals surface area contributed by atoms with E-state index < -0.39 is 0 Å². The number of amides is 1. The Balaban J connectivity index is 1.94. The number of hydrogen-bond donors (Lipinski definition) is 1. The van der Waals surface area contributed by atoms with Crippen LogP contribution in [0.25, 0.3) is 0 Å². The third kappa shape index (κ3) is 4.21. The van der Waals surface area contributed by atoms with Crippen LogP contribution in [-0.4, -0.2) is 37.5 Å². The molecule has 4 nitrogen and oxygen atoms in total. The van der Waals surface area contributed by atoms with E-state index in [1.54, 1.807) is 4.90 Å². The molecule has 0 bridgehead atoms. The maximum absolute atomic E-state index is 12.0. The highest BCUT2D eigenvalue weighted by Gasteiger charge is 2.16. The summed E-state index contributed by atoms with van der Waals surface area (Å²) in [6.07, 6.45) is 3.92. The molecule has 2 N–H and O–H groups in total.